The van der Waals surface area contributed by atoms with Crippen LogP contribution in [0, 0.1) is 5.41 Å². The van der Waals surface area contributed by atoms with Gasteiger partial charge in [0.05, 0.1) is 18.1 Å². The number of para-hydroxylation sites is 1. The normalized spacial score (nSPS) is 12.5. The van der Waals surface area contributed by atoms with Gasteiger partial charge < -0.3 is 14.6 Å². The highest BCUT2D eigenvalue weighted by Crippen LogP contribution is 2.28. The van der Waals surface area contributed by atoms with Crippen LogP contribution in [0.3, 0.4) is 0 Å². The van der Waals surface area contributed by atoms with E-state index in [2.05, 4.69) is 0 Å². The van der Waals surface area contributed by atoms with E-state index in [-0.39, 0.29) is 12.6 Å². The van der Waals surface area contributed by atoms with Crippen LogP contribution in [0.2, 0.25) is 0 Å². The smallest absolute Gasteiger partial charge is 0.311 e. The van der Waals surface area contributed by atoms with Crippen LogP contribution in [0.15, 0.2) is 54.6 Å². The van der Waals surface area contributed by atoms with Gasteiger partial charge in [0.2, 0.25) is 0 Å². The maximum atomic E-state index is 11.8. The minimum Gasteiger partial charge on any atom is -0.489 e. The Morgan fingerprint density at radius 1 is 1.04 bits per heavy atom. The number of rotatable bonds is 7. The average molecular weight is 342 g/mol. The van der Waals surface area contributed by atoms with Crippen LogP contribution in [-0.4, -0.2) is 17.7 Å². The molecule has 0 heterocycles. The maximum Gasteiger partial charge on any atom is 0.311 e. The Morgan fingerprint density at radius 2 is 1.68 bits per heavy atom. The minimum absolute atomic E-state index is 0.171. The summed E-state index contributed by atoms with van der Waals surface area (Å²) in [5.74, 6) is 0.370. The number of carbonyl (C=O) groups is 1. The zero-order valence-corrected chi connectivity index (χ0v) is 15.1. The summed E-state index contributed by atoms with van der Waals surface area (Å²) in [7, 11) is 0. The van der Waals surface area contributed by atoms with Crippen LogP contribution in [0.1, 0.15) is 44.4 Å². The van der Waals surface area contributed by atoms with Gasteiger partial charge in [0.25, 0.3) is 0 Å². The molecule has 0 aliphatic carbocycles. The quantitative estimate of drug-likeness (QED) is 0.763. The van der Waals surface area contributed by atoms with Gasteiger partial charge >= 0.3 is 5.97 Å². The molecule has 1 N–H and O–H groups in total. The number of benzene rings is 2. The summed E-state index contributed by atoms with van der Waals surface area (Å²) in [5.41, 5.74) is 1.22. The number of ether oxygens (including phenoxy) is 2. The molecule has 2 aromatic carbocycles. The predicted octanol–water partition coefficient (Wildman–Crippen LogP) is 4.28. The lowest BCUT2D eigenvalue weighted by molar-refractivity contribution is -0.153. The van der Waals surface area contributed by atoms with Gasteiger partial charge in [-0.05, 0) is 32.4 Å². The molecule has 0 fully saturated rings. The number of carbonyl (C=O) groups excluding carboxylic acids is 1. The van der Waals surface area contributed by atoms with Crippen LogP contribution in [0.4, 0.5) is 0 Å². The topological polar surface area (TPSA) is 55.8 Å². The van der Waals surface area contributed by atoms with Crippen LogP contribution >= 0.6 is 0 Å². The summed E-state index contributed by atoms with van der Waals surface area (Å²) in [4.78, 5) is 11.8. The zero-order valence-electron chi connectivity index (χ0n) is 15.1. The lowest BCUT2D eigenvalue weighted by Crippen LogP contribution is -2.23. The third-order valence-corrected chi connectivity index (χ3v) is 3.75. The highest BCUT2D eigenvalue weighted by atomic mass is 16.5. The van der Waals surface area contributed by atoms with Gasteiger partial charge in [-0.2, -0.15) is 0 Å². The first-order chi connectivity index (χ1) is 11.9. The fourth-order valence-corrected chi connectivity index (χ4v) is 2.26. The second-order valence-corrected chi connectivity index (χ2v) is 7.00. The Kier molecular flexibility index (Phi) is 6.59. The molecule has 134 valence electrons. The molecule has 0 aliphatic rings. The van der Waals surface area contributed by atoms with Gasteiger partial charge in [0.15, 0.2) is 0 Å². The summed E-state index contributed by atoms with van der Waals surface area (Å²) in [6, 6.07) is 17.3. The first-order valence-electron chi connectivity index (χ1n) is 8.49. The van der Waals surface area contributed by atoms with E-state index in [4.69, 9.17) is 9.47 Å². The van der Waals surface area contributed by atoms with Crippen LogP contribution in [0.5, 0.6) is 5.75 Å². The highest BCUT2D eigenvalue weighted by Gasteiger charge is 2.23. The van der Waals surface area contributed by atoms with Crippen molar-refractivity contribution in [3.05, 3.63) is 65.7 Å². The minimum atomic E-state index is -0.750. The third kappa shape index (κ3) is 5.91. The zero-order chi connectivity index (χ0) is 18.3. The molecule has 0 spiro atoms. The molecular weight excluding hydrogens is 316 g/mol. The highest BCUT2D eigenvalue weighted by molar-refractivity contribution is 5.75. The fraction of sp³-hybridized carbons (Fsp3) is 0.381. The molecule has 1 atom stereocenters. The molecule has 0 amide bonds. The predicted molar refractivity (Wildman–Crippen MR) is 97.2 cm³/mol. The van der Waals surface area contributed by atoms with E-state index < -0.39 is 11.5 Å². The molecule has 0 bridgehead atoms. The van der Waals surface area contributed by atoms with Crippen molar-refractivity contribution in [3.63, 3.8) is 0 Å². The van der Waals surface area contributed by atoms with Crippen LogP contribution < -0.4 is 4.74 Å². The lowest BCUT2D eigenvalue weighted by atomic mass is 9.97. The van der Waals surface area contributed by atoms with Crippen molar-refractivity contribution in [2.75, 3.05) is 6.61 Å². The van der Waals surface area contributed by atoms with Crippen molar-refractivity contribution in [3.8, 4) is 5.75 Å². The Labute approximate surface area is 149 Å². The summed E-state index contributed by atoms with van der Waals surface area (Å²) < 4.78 is 11.1. The monoisotopic (exact) mass is 342 g/mol. The van der Waals surface area contributed by atoms with E-state index in [0.717, 1.165) is 5.56 Å². The molecule has 1 unspecified atom stereocenters. The summed E-state index contributed by atoms with van der Waals surface area (Å²) >= 11 is 0. The summed E-state index contributed by atoms with van der Waals surface area (Å²) in [6.07, 6.45) is -0.423. The Balaban J connectivity index is 1.93. The molecule has 0 aliphatic heterocycles. The van der Waals surface area contributed by atoms with E-state index in [1.54, 1.807) is 20.8 Å². The van der Waals surface area contributed by atoms with Gasteiger partial charge in [-0.3, -0.25) is 4.79 Å². The Hall–Kier alpha value is -2.33. The number of aliphatic hydroxyl groups excluding tert-OH is 1. The van der Waals surface area contributed by atoms with Crippen molar-refractivity contribution in [1.29, 1.82) is 0 Å². The molecule has 0 saturated heterocycles. The van der Waals surface area contributed by atoms with Gasteiger partial charge in [-0.25, -0.2) is 0 Å². The van der Waals surface area contributed by atoms with Crippen molar-refractivity contribution in [2.45, 2.75) is 39.9 Å². The lowest BCUT2D eigenvalue weighted by Gasteiger charge is -2.19. The number of hydrogen-bond donors (Lipinski definition) is 1. The van der Waals surface area contributed by atoms with Crippen molar-refractivity contribution >= 4 is 5.97 Å². The average Bonchev–Trinajstić information content (AvgIpc) is 2.60. The molecule has 0 aromatic heterocycles. The SMILES string of the molecule is CC(C)(C)C(=O)OCCC(O)c1ccccc1OCc1ccccc1. The maximum absolute atomic E-state index is 11.8. The Morgan fingerprint density at radius 3 is 2.36 bits per heavy atom. The fourth-order valence-electron chi connectivity index (χ4n) is 2.26. The second-order valence-electron chi connectivity index (χ2n) is 7.00. The van der Waals surface area contributed by atoms with Crippen molar-refractivity contribution in [2.24, 2.45) is 5.41 Å². The molecule has 2 rings (SSSR count). The van der Waals surface area contributed by atoms with Crippen molar-refractivity contribution < 1.29 is 19.4 Å². The summed E-state index contributed by atoms with van der Waals surface area (Å²) in [6.45, 7) is 6.02. The first kappa shape index (κ1) is 19.0. The molecule has 4 heteroatoms. The standard InChI is InChI=1S/C21H26O4/c1-21(2,3)20(23)24-14-13-18(22)17-11-7-8-12-19(17)25-15-16-9-5-4-6-10-16/h4-12,18,22H,13-15H2,1-3H3. The number of esters is 1. The molecule has 2 aromatic rings. The number of aliphatic hydroxyl groups is 1. The first-order valence-corrected chi connectivity index (χ1v) is 8.49. The van der Waals surface area contributed by atoms with Crippen LogP contribution in [-0.2, 0) is 16.1 Å². The number of hydrogen-bond acceptors (Lipinski definition) is 4. The largest absolute Gasteiger partial charge is 0.489 e. The van der Waals surface area contributed by atoms with Crippen molar-refractivity contribution in [1.82, 2.24) is 0 Å². The van der Waals surface area contributed by atoms with E-state index in [0.29, 0.717) is 24.3 Å². The molecule has 25 heavy (non-hydrogen) atoms. The molecular formula is C21H26O4. The molecule has 0 radical (unpaired) electrons. The summed E-state index contributed by atoms with van der Waals surface area (Å²) in [5, 5.41) is 10.4. The van der Waals surface area contributed by atoms with E-state index in [9.17, 15) is 9.90 Å². The van der Waals surface area contributed by atoms with E-state index in [1.807, 2.05) is 54.6 Å². The van der Waals surface area contributed by atoms with Gasteiger partial charge in [0.1, 0.15) is 12.4 Å². The Bertz CT molecular complexity index is 674. The molecule has 4 nitrogen and oxygen atoms in total. The van der Waals surface area contributed by atoms with E-state index >= 15 is 0 Å². The van der Waals surface area contributed by atoms with Gasteiger partial charge in [-0.1, -0.05) is 48.5 Å². The van der Waals surface area contributed by atoms with Gasteiger partial charge in [0, 0.05) is 12.0 Å². The third-order valence-electron chi connectivity index (χ3n) is 3.75. The van der Waals surface area contributed by atoms with E-state index in [1.165, 1.54) is 0 Å². The van der Waals surface area contributed by atoms with Gasteiger partial charge in [-0.15, -0.1) is 0 Å². The second kappa shape index (κ2) is 8.67. The molecule has 0 saturated carbocycles. The van der Waals surface area contributed by atoms with Crippen LogP contribution in [0.25, 0.3) is 0 Å².